The fourth-order valence-electron chi connectivity index (χ4n) is 1.72. The van der Waals surface area contributed by atoms with E-state index in [1.165, 1.54) is 7.11 Å². The Kier molecular flexibility index (Phi) is 6.11. The Bertz CT molecular complexity index is 506. The molecule has 0 saturated heterocycles. The highest BCUT2D eigenvalue weighted by Gasteiger charge is 2.23. The number of benzene rings is 1. The van der Waals surface area contributed by atoms with Gasteiger partial charge in [0.2, 0.25) is 5.91 Å². The number of nitrogens with one attached hydrogen (secondary N) is 1. The quantitative estimate of drug-likeness (QED) is 0.325. The largest absolute Gasteiger partial charge is 0.497 e. The molecule has 0 radical (unpaired) electrons. The van der Waals surface area contributed by atoms with Crippen LogP contribution in [0, 0.1) is 5.92 Å². The highest BCUT2D eigenvalue weighted by atomic mass is 35.5. The van der Waals surface area contributed by atoms with Crippen LogP contribution in [-0.4, -0.2) is 24.1 Å². The van der Waals surface area contributed by atoms with Gasteiger partial charge in [-0.25, -0.2) is 0 Å². The fraction of sp³-hybridized carbons (Fsp3) is 0.385. The van der Waals surface area contributed by atoms with Crippen molar-refractivity contribution in [2.45, 2.75) is 19.8 Å². The van der Waals surface area contributed by atoms with Crippen LogP contribution >= 0.6 is 11.6 Å². The van der Waals surface area contributed by atoms with Gasteiger partial charge in [-0.1, -0.05) is 30.1 Å². The van der Waals surface area contributed by atoms with Gasteiger partial charge in [0.15, 0.2) is 5.84 Å². The van der Waals surface area contributed by atoms with E-state index in [2.05, 4.69) is 10.5 Å². The number of oxime groups is 1. The number of carbonyl (C=O) groups is 1. The Morgan fingerprint density at radius 2 is 2.30 bits per heavy atom. The number of nitrogens with two attached hydrogens (primary N) is 1. The molecule has 0 fully saturated rings. The molecule has 1 aromatic carbocycles. The van der Waals surface area contributed by atoms with Crippen LogP contribution in [-0.2, 0) is 4.79 Å². The maximum atomic E-state index is 12.2. The van der Waals surface area contributed by atoms with Crippen LogP contribution < -0.4 is 15.8 Å². The number of amides is 1. The number of anilines is 1. The maximum absolute atomic E-state index is 12.2. The summed E-state index contributed by atoms with van der Waals surface area (Å²) in [5, 5.41) is 14.7. The highest BCUT2D eigenvalue weighted by Crippen LogP contribution is 2.27. The van der Waals surface area contributed by atoms with Crippen LogP contribution in [0.3, 0.4) is 0 Å². The summed E-state index contributed by atoms with van der Waals surface area (Å²) < 4.78 is 5.07. The summed E-state index contributed by atoms with van der Waals surface area (Å²) >= 11 is 6.01. The molecule has 1 aromatic rings. The summed E-state index contributed by atoms with van der Waals surface area (Å²) in [7, 11) is 1.52. The third-order valence-electron chi connectivity index (χ3n) is 2.80. The van der Waals surface area contributed by atoms with Crippen LogP contribution in [0.2, 0.25) is 5.02 Å². The van der Waals surface area contributed by atoms with Crippen LogP contribution in [0.15, 0.2) is 23.4 Å². The maximum Gasteiger partial charge on any atom is 0.235 e. The number of methoxy groups -OCH3 is 1. The molecular formula is C13H18ClN3O3. The summed E-state index contributed by atoms with van der Waals surface area (Å²) in [5.41, 5.74) is 5.95. The second-order valence-corrected chi connectivity index (χ2v) is 4.61. The first-order valence-electron chi connectivity index (χ1n) is 6.15. The second-order valence-electron chi connectivity index (χ2n) is 4.20. The normalized spacial score (nSPS) is 12.8. The van der Waals surface area contributed by atoms with Gasteiger partial charge in [0, 0.05) is 6.07 Å². The summed E-state index contributed by atoms with van der Waals surface area (Å²) in [6.07, 6.45) is 1.20. The van der Waals surface area contributed by atoms with Gasteiger partial charge in [0.1, 0.15) is 5.75 Å². The predicted octanol–water partition coefficient (Wildman–Crippen LogP) is 2.45. The molecule has 6 nitrogen and oxygen atoms in total. The van der Waals surface area contributed by atoms with E-state index in [1.54, 1.807) is 18.2 Å². The molecule has 0 aliphatic heterocycles. The number of hydrogen-bond donors (Lipinski definition) is 3. The van der Waals surface area contributed by atoms with Gasteiger partial charge in [-0.3, -0.25) is 4.79 Å². The van der Waals surface area contributed by atoms with Crippen molar-refractivity contribution >= 4 is 29.0 Å². The highest BCUT2D eigenvalue weighted by molar-refractivity contribution is 6.33. The third-order valence-corrected chi connectivity index (χ3v) is 3.13. The van der Waals surface area contributed by atoms with Crippen LogP contribution in [0.25, 0.3) is 0 Å². The molecule has 0 saturated carbocycles. The lowest BCUT2D eigenvalue weighted by molar-refractivity contribution is -0.118. The number of ether oxygens (including phenoxy) is 1. The van der Waals surface area contributed by atoms with E-state index in [0.717, 1.165) is 6.42 Å². The lowest BCUT2D eigenvalue weighted by Gasteiger charge is -2.15. The Hall–Kier alpha value is -1.95. The fourth-order valence-corrected chi connectivity index (χ4v) is 1.88. The molecule has 20 heavy (non-hydrogen) atoms. The summed E-state index contributed by atoms with van der Waals surface area (Å²) in [6.45, 7) is 1.91. The van der Waals surface area contributed by atoms with Crippen molar-refractivity contribution in [3.8, 4) is 5.75 Å². The van der Waals surface area contributed by atoms with E-state index in [0.29, 0.717) is 22.9 Å². The molecule has 1 rings (SSSR count). The monoisotopic (exact) mass is 299 g/mol. The van der Waals surface area contributed by atoms with Crippen LogP contribution in [0.1, 0.15) is 19.8 Å². The molecule has 0 aromatic heterocycles. The minimum atomic E-state index is -0.702. The van der Waals surface area contributed by atoms with Crippen molar-refractivity contribution in [3.63, 3.8) is 0 Å². The van der Waals surface area contributed by atoms with E-state index < -0.39 is 5.92 Å². The van der Waals surface area contributed by atoms with Gasteiger partial charge >= 0.3 is 0 Å². The van der Waals surface area contributed by atoms with Gasteiger partial charge in [-0.15, -0.1) is 0 Å². The molecule has 1 atom stereocenters. The average molecular weight is 300 g/mol. The average Bonchev–Trinajstić information content (AvgIpc) is 2.46. The van der Waals surface area contributed by atoms with E-state index in [1.807, 2.05) is 6.92 Å². The summed E-state index contributed by atoms with van der Waals surface area (Å²) in [5.74, 6) is -0.631. The second kappa shape index (κ2) is 7.59. The molecule has 0 aliphatic carbocycles. The SMILES string of the molecule is CCCC(C(=O)Nc1cc(OC)ccc1Cl)C(N)=NO. The molecule has 1 unspecified atom stereocenters. The molecule has 0 bridgehead atoms. The van der Waals surface area contributed by atoms with Gasteiger partial charge in [-0.05, 0) is 18.6 Å². The standard InChI is InChI=1S/C13H18ClN3O3/c1-3-4-9(12(15)17-19)13(18)16-11-7-8(20-2)5-6-10(11)14/h5-7,9,19H,3-4H2,1-2H3,(H2,15,17)(H,16,18). The Morgan fingerprint density at radius 1 is 1.60 bits per heavy atom. The number of nitrogens with zero attached hydrogens (tertiary/aromatic N) is 1. The number of carbonyl (C=O) groups excluding carboxylic acids is 1. The first-order chi connectivity index (χ1) is 9.53. The third kappa shape index (κ3) is 4.03. The van der Waals surface area contributed by atoms with Gasteiger partial charge < -0.3 is 21.0 Å². The van der Waals surface area contributed by atoms with Crippen molar-refractivity contribution in [2.24, 2.45) is 16.8 Å². The topological polar surface area (TPSA) is 96.9 Å². The molecule has 4 N–H and O–H groups in total. The lowest BCUT2D eigenvalue weighted by atomic mass is 10.0. The van der Waals surface area contributed by atoms with E-state index in [4.69, 9.17) is 27.3 Å². The van der Waals surface area contributed by atoms with Crippen molar-refractivity contribution in [2.75, 3.05) is 12.4 Å². The van der Waals surface area contributed by atoms with Crippen molar-refractivity contribution in [1.82, 2.24) is 0 Å². The zero-order valence-corrected chi connectivity index (χ0v) is 12.1. The first kappa shape index (κ1) is 16.1. The van der Waals surface area contributed by atoms with Crippen molar-refractivity contribution in [1.29, 1.82) is 0 Å². The van der Waals surface area contributed by atoms with Gasteiger partial charge in [0.25, 0.3) is 0 Å². The minimum absolute atomic E-state index is 0.122. The molecule has 110 valence electrons. The molecule has 0 aliphatic rings. The molecule has 7 heteroatoms. The van der Waals surface area contributed by atoms with E-state index in [-0.39, 0.29) is 11.7 Å². The number of amidine groups is 1. The Balaban J connectivity index is 2.93. The van der Waals surface area contributed by atoms with Gasteiger partial charge in [-0.2, -0.15) is 0 Å². The first-order valence-corrected chi connectivity index (χ1v) is 6.53. The minimum Gasteiger partial charge on any atom is -0.497 e. The smallest absolute Gasteiger partial charge is 0.235 e. The zero-order chi connectivity index (χ0) is 15.1. The molecule has 0 spiro atoms. The van der Waals surface area contributed by atoms with E-state index in [9.17, 15) is 4.79 Å². The summed E-state index contributed by atoms with van der Waals surface area (Å²) in [6, 6.07) is 4.91. The predicted molar refractivity (Wildman–Crippen MR) is 78.4 cm³/mol. The molecular weight excluding hydrogens is 282 g/mol. The van der Waals surface area contributed by atoms with Gasteiger partial charge in [0.05, 0.1) is 23.7 Å². The summed E-state index contributed by atoms with van der Waals surface area (Å²) in [4.78, 5) is 12.2. The zero-order valence-electron chi connectivity index (χ0n) is 11.4. The van der Waals surface area contributed by atoms with Crippen LogP contribution in [0.5, 0.6) is 5.75 Å². The lowest BCUT2D eigenvalue weighted by Crippen LogP contribution is -2.34. The molecule has 0 heterocycles. The molecule has 1 amide bonds. The van der Waals surface area contributed by atoms with E-state index >= 15 is 0 Å². The Labute approximate surface area is 122 Å². The Morgan fingerprint density at radius 3 is 2.85 bits per heavy atom. The number of halogens is 1. The van der Waals surface area contributed by atoms with Crippen molar-refractivity contribution < 1.29 is 14.7 Å². The number of hydrogen-bond acceptors (Lipinski definition) is 4. The number of rotatable bonds is 6. The van der Waals surface area contributed by atoms with Crippen LogP contribution in [0.4, 0.5) is 5.69 Å². The van der Waals surface area contributed by atoms with Crippen molar-refractivity contribution in [3.05, 3.63) is 23.2 Å².